The number of phenols is 3. The van der Waals surface area contributed by atoms with Crippen molar-refractivity contribution >= 4 is 11.6 Å². The zero-order chi connectivity index (χ0) is 20.9. The molecule has 4 N–H and O–H groups in total. The van der Waals surface area contributed by atoms with E-state index in [2.05, 4.69) is 12.2 Å². The number of hydrogen-bond acceptors (Lipinski definition) is 6. The summed E-state index contributed by atoms with van der Waals surface area (Å²) in [5, 5.41) is 42.4. The summed E-state index contributed by atoms with van der Waals surface area (Å²) in [4.78, 5) is 22.0. The van der Waals surface area contributed by atoms with Crippen LogP contribution in [0.2, 0.25) is 0 Å². The van der Waals surface area contributed by atoms with Gasteiger partial charge in [-0.15, -0.1) is 0 Å². The normalized spacial score (nSPS) is 10.8. The Morgan fingerprint density at radius 3 is 1.93 bits per heavy atom. The van der Waals surface area contributed by atoms with E-state index in [4.69, 9.17) is 0 Å². The first-order chi connectivity index (χ1) is 13.4. The average molecular weight is 396 g/mol. The van der Waals surface area contributed by atoms with Crippen LogP contribution in [0.4, 0.5) is 5.69 Å². The van der Waals surface area contributed by atoms with Crippen molar-refractivity contribution in [2.24, 2.45) is 0 Å². The van der Waals surface area contributed by atoms with Gasteiger partial charge in [-0.2, -0.15) is 0 Å². The second-order valence-electron chi connectivity index (χ2n) is 7.04. The second kappa shape index (κ2) is 12.8. The number of aromatic hydroxyl groups is 3. The lowest BCUT2D eigenvalue weighted by Crippen LogP contribution is -2.24. The van der Waals surface area contributed by atoms with Crippen LogP contribution < -0.4 is 5.32 Å². The van der Waals surface area contributed by atoms with E-state index in [-0.39, 0.29) is 0 Å². The highest BCUT2D eigenvalue weighted by Crippen LogP contribution is 2.42. The largest absolute Gasteiger partial charge is 0.507 e. The van der Waals surface area contributed by atoms with Gasteiger partial charge in [0, 0.05) is 12.6 Å². The van der Waals surface area contributed by atoms with Gasteiger partial charge in [0.2, 0.25) is 11.5 Å². The van der Waals surface area contributed by atoms with Crippen molar-refractivity contribution in [2.45, 2.75) is 77.6 Å². The molecule has 0 radical (unpaired) electrons. The molecule has 0 aromatic heterocycles. The number of nitro groups is 1. The summed E-state index contributed by atoms with van der Waals surface area (Å²) < 4.78 is 0. The number of nitro benzene ring substituents is 1. The molecule has 0 saturated carbocycles. The first kappa shape index (κ1) is 23.5. The van der Waals surface area contributed by atoms with Gasteiger partial charge in [-0.05, 0) is 6.42 Å². The molecule has 8 heteroatoms. The summed E-state index contributed by atoms with van der Waals surface area (Å²) in [6, 6.07) is 0.676. The Labute approximate surface area is 165 Å². The number of unbranched alkanes of at least 4 members (excludes halogenated alkanes) is 10. The zero-order valence-corrected chi connectivity index (χ0v) is 16.6. The summed E-state index contributed by atoms with van der Waals surface area (Å²) in [5.74, 6) is -3.47. The van der Waals surface area contributed by atoms with Crippen LogP contribution in [0.1, 0.15) is 87.9 Å². The highest BCUT2D eigenvalue weighted by molar-refractivity contribution is 6.01. The fourth-order valence-electron chi connectivity index (χ4n) is 3.11. The summed E-state index contributed by atoms with van der Waals surface area (Å²) >= 11 is 0. The molecule has 0 spiro atoms. The maximum atomic E-state index is 12.1. The number of hydrogen-bond donors (Lipinski definition) is 4. The van der Waals surface area contributed by atoms with E-state index in [1.54, 1.807) is 0 Å². The van der Waals surface area contributed by atoms with Gasteiger partial charge in [0.1, 0.15) is 11.3 Å². The minimum atomic E-state index is -1.04. The van der Waals surface area contributed by atoms with Crippen LogP contribution in [-0.2, 0) is 0 Å². The molecule has 0 aliphatic rings. The van der Waals surface area contributed by atoms with Crippen molar-refractivity contribution in [3.05, 3.63) is 21.7 Å². The van der Waals surface area contributed by atoms with Crippen molar-refractivity contribution in [1.29, 1.82) is 0 Å². The molecular weight excluding hydrogens is 364 g/mol. The number of amides is 1. The van der Waals surface area contributed by atoms with E-state index in [1.807, 2.05) is 0 Å². The standard InChI is InChI=1S/C20H32N2O6/c1-2-3-4-5-6-7-8-9-10-11-12-13-21-20(26)17-15(23)14-16(24)18(19(17)25)22(27)28/h14,23-25H,2-13H2,1H3,(H,21,26). The highest BCUT2D eigenvalue weighted by atomic mass is 16.6. The number of nitrogens with one attached hydrogen (secondary N) is 1. The molecule has 8 nitrogen and oxygen atoms in total. The van der Waals surface area contributed by atoms with E-state index in [0.29, 0.717) is 12.6 Å². The van der Waals surface area contributed by atoms with Crippen LogP contribution in [0.25, 0.3) is 0 Å². The van der Waals surface area contributed by atoms with Gasteiger partial charge in [0.25, 0.3) is 5.91 Å². The Bertz CT molecular complexity index is 648. The van der Waals surface area contributed by atoms with E-state index in [9.17, 15) is 30.2 Å². The van der Waals surface area contributed by atoms with Crippen molar-refractivity contribution in [3.63, 3.8) is 0 Å². The van der Waals surface area contributed by atoms with Crippen LogP contribution in [-0.4, -0.2) is 32.7 Å². The molecule has 1 amide bonds. The molecule has 1 aromatic rings. The molecule has 1 aromatic carbocycles. The minimum absolute atomic E-state index is 0.337. The van der Waals surface area contributed by atoms with Gasteiger partial charge in [-0.25, -0.2) is 0 Å². The van der Waals surface area contributed by atoms with Gasteiger partial charge in [-0.3, -0.25) is 14.9 Å². The Balaban J connectivity index is 2.28. The molecule has 0 aliphatic carbocycles. The van der Waals surface area contributed by atoms with Crippen molar-refractivity contribution < 1.29 is 25.0 Å². The van der Waals surface area contributed by atoms with Crippen LogP contribution in [0.15, 0.2) is 6.07 Å². The summed E-state index contributed by atoms with van der Waals surface area (Å²) in [6.45, 7) is 2.55. The third-order valence-electron chi connectivity index (χ3n) is 4.71. The van der Waals surface area contributed by atoms with Gasteiger partial charge in [0.05, 0.1) is 4.92 Å². The smallest absolute Gasteiger partial charge is 0.353 e. The van der Waals surface area contributed by atoms with Crippen LogP contribution in [0.5, 0.6) is 17.2 Å². The molecule has 0 atom stereocenters. The Hall–Kier alpha value is -2.51. The Morgan fingerprint density at radius 1 is 0.929 bits per heavy atom. The fraction of sp³-hybridized carbons (Fsp3) is 0.650. The summed E-state index contributed by atoms with van der Waals surface area (Å²) in [7, 11) is 0. The quantitative estimate of drug-likeness (QED) is 0.204. The first-order valence-corrected chi connectivity index (χ1v) is 10.1. The fourth-order valence-corrected chi connectivity index (χ4v) is 3.11. The lowest BCUT2D eigenvalue weighted by molar-refractivity contribution is -0.386. The number of phenolic OH excluding ortho intramolecular Hbond substituents is 3. The maximum Gasteiger partial charge on any atom is 0.353 e. The predicted octanol–water partition coefficient (Wildman–Crippen LogP) is 4.75. The number of benzene rings is 1. The van der Waals surface area contributed by atoms with E-state index in [1.165, 1.54) is 44.9 Å². The molecule has 28 heavy (non-hydrogen) atoms. The van der Waals surface area contributed by atoms with Crippen LogP contribution in [0.3, 0.4) is 0 Å². The van der Waals surface area contributed by atoms with Crippen molar-refractivity contribution in [3.8, 4) is 17.2 Å². The van der Waals surface area contributed by atoms with Crippen molar-refractivity contribution in [1.82, 2.24) is 5.32 Å². The number of nitrogens with zero attached hydrogens (tertiary/aromatic N) is 1. The molecule has 0 bridgehead atoms. The maximum absolute atomic E-state index is 12.1. The predicted molar refractivity (Wildman–Crippen MR) is 107 cm³/mol. The lowest BCUT2D eigenvalue weighted by Gasteiger charge is -2.09. The number of rotatable bonds is 14. The molecule has 0 aliphatic heterocycles. The van der Waals surface area contributed by atoms with E-state index in [0.717, 1.165) is 25.7 Å². The van der Waals surface area contributed by atoms with E-state index < -0.39 is 39.3 Å². The SMILES string of the molecule is CCCCCCCCCCCCCNC(=O)c1c(O)cc(O)c([N+](=O)[O-])c1O. The molecule has 1 rings (SSSR count). The summed E-state index contributed by atoms with van der Waals surface area (Å²) in [5.41, 5.74) is -1.61. The summed E-state index contributed by atoms with van der Waals surface area (Å²) in [6.07, 6.45) is 12.9. The number of carbonyl (C=O) groups is 1. The average Bonchev–Trinajstić information content (AvgIpc) is 2.61. The number of carbonyl (C=O) groups excluding carboxylic acids is 1. The van der Waals surface area contributed by atoms with Gasteiger partial charge < -0.3 is 20.6 Å². The third-order valence-corrected chi connectivity index (χ3v) is 4.71. The minimum Gasteiger partial charge on any atom is -0.507 e. The monoisotopic (exact) mass is 396 g/mol. The lowest BCUT2D eigenvalue weighted by atomic mass is 10.1. The van der Waals surface area contributed by atoms with E-state index >= 15 is 0 Å². The van der Waals surface area contributed by atoms with Gasteiger partial charge in [-0.1, -0.05) is 71.1 Å². The highest BCUT2D eigenvalue weighted by Gasteiger charge is 2.29. The molecule has 0 heterocycles. The van der Waals surface area contributed by atoms with Crippen molar-refractivity contribution in [2.75, 3.05) is 6.54 Å². The first-order valence-electron chi connectivity index (χ1n) is 10.1. The van der Waals surface area contributed by atoms with Crippen LogP contribution >= 0.6 is 0 Å². The van der Waals surface area contributed by atoms with Gasteiger partial charge in [0.15, 0.2) is 0 Å². The molecule has 158 valence electrons. The zero-order valence-electron chi connectivity index (χ0n) is 16.6. The Morgan fingerprint density at radius 2 is 1.43 bits per heavy atom. The topological polar surface area (TPSA) is 133 Å². The molecule has 0 unspecified atom stereocenters. The molecule has 0 saturated heterocycles. The second-order valence-corrected chi connectivity index (χ2v) is 7.04. The van der Waals surface area contributed by atoms with Crippen LogP contribution in [0, 0.1) is 10.1 Å². The van der Waals surface area contributed by atoms with Gasteiger partial charge >= 0.3 is 5.69 Å². The Kier molecular flexibility index (Phi) is 10.8. The third kappa shape index (κ3) is 7.62. The molecule has 0 fully saturated rings. The molecular formula is C20H32N2O6.